The molecule has 2 aliphatic heterocycles. The van der Waals surface area contributed by atoms with Crippen LogP contribution in [0.2, 0.25) is 0 Å². The zero-order valence-corrected chi connectivity index (χ0v) is 19.1. The van der Waals surface area contributed by atoms with E-state index in [-0.39, 0.29) is 11.3 Å². The SMILES string of the molecule is O=C(CC1=CC2CCC(C1)N2)NS(=O)(=O)c1ccc(Oc2ccccc2)cc1.O=C(O)C(F)(F)F. The lowest BCUT2D eigenvalue weighted by molar-refractivity contribution is -0.192. The third-order valence-corrected chi connectivity index (χ3v) is 6.60. The van der Waals surface area contributed by atoms with Gasteiger partial charge in [0.05, 0.1) is 4.90 Å². The summed E-state index contributed by atoms with van der Waals surface area (Å²) in [5, 5.41) is 10.6. The summed E-state index contributed by atoms with van der Waals surface area (Å²) in [6.45, 7) is 0. The number of hydrogen-bond acceptors (Lipinski definition) is 6. The largest absolute Gasteiger partial charge is 0.490 e. The van der Waals surface area contributed by atoms with Crippen molar-refractivity contribution in [3.63, 3.8) is 0 Å². The van der Waals surface area contributed by atoms with Crippen LogP contribution in [0.4, 0.5) is 13.2 Å². The summed E-state index contributed by atoms with van der Waals surface area (Å²) in [5.74, 6) is -2.08. The fraction of sp³-hybridized carbons (Fsp3) is 0.304. The summed E-state index contributed by atoms with van der Waals surface area (Å²) in [6.07, 6.45) is 0.0670. The van der Waals surface area contributed by atoms with Crippen molar-refractivity contribution in [1.29, 1.82) is 0 Å². The van der Waals surface area contributed by atoms with Crippen LogP contribution in [0.5, 0.6) is 11.5 Å². The Balaban J connectivity index is 0.000000429. The predicted molar refractivity (Wildman–Crippen MR) is 119 cm³/mol. The average Bonchev–Trinajstić information content (AvgIpc) is 3.12. The molecule has 2 aromatic carbocycles. The van der Waals surface area contributed by atoms with Crippen LogP contribution in [-0.4, -0.2) is 43.7 Å². The van der Waals surface area contributed by atoms with Crippen molar-refractivity contribution in [3.8, 4) is 11.5 Å². The summed E-state index contributed by atoms with van der Waals surface area (Å²) >= 11 is 0. The monoisotopic (exact) mass is 512 g/mol. The number of alkyl halides is 3. The normalized spacial score (nSPS) is 19.1. The first-order valence-corrected chi connectivity index (χ1v) is 12.0. The number of benzene rings is 2. The second-order valence-electron chi connectivity index (χ2n) is 7.97. The highest BCUT2D eigenvalue weighted by atomic mass is 32.2. The van der Waals surface area contributed by atoms with Crippen molar-refractivity contribution in [2.45, 2.75) is 48.8 Å². The molecule has 2 aromatic rings. The molecular formula is C23H23F3N2O6S. The third kappa shape index (κ3) is 7.82. The van der Waals surface area contributed by atoms with Gasteiger partial charge in [0.25, 0.3) is 10.0 Å². The molecule has 0 spiro atoms. The first kappa shape index (κ1) is 26.2. The highest BCUT2D eigenvalue weighted by Gasteiger charge is 2.38. The topological polar surface area (TPSA) is 122 Å². The predicted octanol–water partition coefficient (Wildman–Crippen LogP) is 3.76. The van der Waals surface area contributed by atoms with Gasteiger partial charge in [0.15, 0.2) is 0 Å². The highest BCUT2D eigenvalue weighted by molar-refractivity contribution is 7.90. The lowest BCUT2D eigenvalue weighted by atomic mass is 10.0. The molecule has 0 radical (unpaired) electrons. The summed E-state index contributed by atoms with van der Waals surface area (Å²) in [5.41, 5.74) is 1.01. The Labute approximate surface area is 199 Å². The van der Waals surface area contributed by atoms with Crippen LogP contribution >= 0.6 is 0 Å². The number of carboxylic acid groups (broad SMARTS) is 1. The molecule has 12 heteroatoms. The van der Waals surface area contributed by atoms with Crippen molar-refractivity contribution in [3.05, 3.63) is 66.2 Å². The number of para-hydroxylation sites is 1. The molecule has 3 N–H and O–H groups in total. The molecule has 2 heterocycles. The van der Waals surface area contributed by atoms with Crippen molar-refractivity contribution in [2.75, 3.05) is 0 Å². The Kier molecular flexibility index (Phi) is 8.18. The van der Waals surface area contributed by atoms with E-state index in [4.69, 9.17) is 14.6 Å². The first-order chi connectivity index (χ1) is 16.4. The maximum atomic E-state index is 12.5. The van der Waals surface area contributed by atoms with Crippen LogP contribution in [0.3, 0.4) is 0 Å². The molecule has 2 unspecified atom stereocenters. The number of halogens is 3. The fourth-order valence-electron chi connectivity index (χ4n) is 3.71. The van der Waals surface area contributed by atoms with Gasteiger partial charge in [-0.1, -0.05) is 29.8 Å². The molecule has 188 valence electrons. The van der Waals surface area contributed by atoms with E-state index >= 15 is 0 Å². The number of carbonyl (C=O) groups is 2. The molecule has 2 atom stereocenters. The maximum Gasteiger partial charge on any atom is 0.490 e. The van der Waals surface area contributed by atoms with Gasteiger partial charge in [0, 0.05) is 18.5 Å². The van der Waals surface area contributed by atoms with Gasteiger partial charge in [0.2, 0.25) is 5.91 Å². The molecule has 0 aliphatic carbocycles. The summed E-state index contributed by atoms with van der Waals surface area (Å²) in [6, 6.07) is 15.9. The van der Waals surface area contributed by atoms with Crippen LogP contribution in [0.15, 0.2) is 71.1 Å². The Morgan fingerprint density at radius 3 is 2.20 bits per heavy atom. The lowest BCUT2D eigenvalue weighted by Crippen LogP contribution is -2.35. The molecule has 4 rings (SSSR count). The Morgan fingerprint density at radius 2 is 1.63 bits per heavy atom. The molecule has 1 saturated heterocycles. The number of carboxylic acids is 1. The van der Waals surface area contributed by atoms with Gasteiger partial charge in [-0.3, -0.25) is 4.79 Å². The van der Waals surface area contributed by atoms with Crippen LogP contribution < -0.4 is 14.8 Å². The number of ether oxygens (including phenoxy) is 1. The third-order valence-electron chi connectivity index (χ3n) is 5.21. The Bertz CT molecular complexity index is 1180. The zero-order chi connectivity index (χ0) is 25.6. The van der Waals surface area contributed by atoms with E-state index in [0.717, 1.165) is 24.8 Å². The molecule has 0 saturated carbocycles. The smallest absolute Gasteiger partial charge is 0.475 e. The Hall–Kier alpha value is -3.38. The van der Waals surface area contributed by atoms with E-state index in [1.807, 2.05) is 30.3 Å². The second-order valence-corrected chi connectivity index (χ2v) is 9.65. The number of rotatable bonds is 6. The molecule has 2 aliphatic rings. The van der Waals surface area contributed by atoms with Crippen molar-refractivity contribution in [1.82, 2.24) is 10.0 Å². The minimum atomic E-state index is -5.08. The molecule has 0 aromatic heterocycles. The average molecular weight is 513 g/mol. The van der Waals surface area contributed by atoms with Gasteiger partial charge in [-0.15, -0.1) is 0 Å². The molecule has 35 heavy (non-hydrogen) atoms. The van der Waals surface area contributed by atoms with Gasteiger partial charge in [0.1, 0.15) is 11.5 Å². The number of nitrogens with one attached hydrogen (secondary N) is 2. The van der Waals surface area contributed by atoms with Gasteiger partial charge in [-0.25, -0.2) is 17.9 Å². The van der Waals surface area contributed by atoms with Gasteiger partial charge in [-0.2, -0.15) is 13.2 Å². The number of sulfonamides is 1. The van der Waals surface area contributed by atoms with Gasteiger partial charge in [-0.05, 0) is 55.7 Å². The maximum absolute atomic E-state index is 12.5. The molecule has 8 nitrogen and oxygen atoms in total. The molecular weight excluding hydrogens is 489 g/mol. The van der Waals surface area contributed by atoms with Gasteiger partial charge < -0.3 is 15.2 Å². The number of aliphatic carboxylic acids is 1. The second kappa shape index (κ2) is 10.9. The fourth-order valence-corrected chi connectivity index (χ4v) is 4.69. The summed E-state index contributed by atoms with van der Waals surface area (Å²) in [7, 11) is -3.91. The van der Waals surface area contributed by atoms with E-state index in [1.165, 1.54) is 12.1 Å². The quantitative estimate of drug-likeness (QED) is 0.504. The van der Waals surface area contributed by atoms with E-state index in [0.29, 0.717) is 23.6 Å². The van der Waals surface area contributed by atoms with Gasteiger partial charge >= 0.3 is 12.1 Å². The minimum Gasteiger partial charge on any atom is -0.475 e. The standard InChI is InChI=1S/C21H22N2O4S.C2HF3O2/c24-21(14-15-12-16-6-7-17(13-15)22-16)23-28(25,26)20-10-8-19(9-11-20)27-18-4-2-1-3-5-18;3-2(4,5)1(6)7/h1-5,8-12,16-17,22H,6-7,13-14H2,(H,23,24);(H,6,7). The molecule has 1 amide bonds. The lowest BCUT2D eigenvalue weighted by Gasteiger charge is -2.21. The first-order valence-electron chi connectivity index (χ1n) is 10.6. The molecule has 1 fully saturated rings. The van der Waals surface area contributed by atoms with Crippen molar-refractivity contribution in [2.24, 2.45) is 0 Å². The van der Waals surface area contributed by atoms with E-state index < -0.39 is 28.1 Å². The van der Waals surface area contributed by atoms with Crippen LogP contribution in [0.1, 0.15) is 25.7 Å². The highest BCUT2D eigenvalue weighted by Crippen LogP contribution is 2.28. The number of carbonyl (C=O) groups excluding carboxylic acids is 1. The van der Waals surface area contributed by atoms with Crippen molar-refractivity contribution < 1.29 is 41.0 Å². The van der Waals surface area contributed by atoms with E-state index in [2.05, 4.69) is 16.1 Å². The summed E-state index contributed by atoms with van der Waals surface area (Å²) in [4.78, 5) is 21.2. The van der Waals surface area contributed by atoms with Crippen LogP contribution in [0, 0.1) is 0 Å². The zero-order valence-electron chi connectivity index (χ0n) is 18.3. The summed E-state index contributed by atoms with van der Waals surface area (Å²) < 4.78 is 64.5. The van der Waals surface area contributed by atoms with Crippen LogP contribution in [0.25, 0.3) is 0 Å². The number of fused-ring (bicyclic) bond motifs is 2. The Morgan fingerprint density at radius 1 is 1.03 bits per heavy atom. The number of hydrogen-bond donors (Lipinski definition) is 3. The molecule has 2 bridgehead atoms. The van der Waals surface area contributed by atoms with E-state index in [9.17, 15) is 26.4 Å². The number of amides is 1. The van der Waals surface area contributed by atoms with Crippen molar-refractivity contribution >= 4 is 21.9 Å². The van der Waals surface area contributed by atoms with Crippen LogP contribution in [-0.2, 0) is 19.6 Å². The minimum absolute atomic E-state index is 0.0284. The van der Waals surface area contributed by atoms with E-state index in [1.54, 1.807) is 12.1 Å².